The van der Waals surface area contributed by atoms with E-state index in [0.717, 1.165) is 11.1 Å². The van der Waals surface area contributed by atoms with E-state index in [2.05, 4.69) is 5.32 Å². The topological polar surface area (TPSA) is 73.1 Å². The Balaban J connectivity index is 2.07. The summed E-state index contributed by atoms with van der Waals surface area (Å²) in [5.74, 6) is -0.279. The standard InChI is InChI=1S/C19H18N2O2/c1-13-3-4-16(9-14(13)2)12-21-19(23)17(11-20)10-15-5-7-18(22)8-6-15/h3-10,22H,12H2,1-2H3,(H,21,23)/b17-10+. The quantitative estimate of drug-likeness (QED) is 0.673. The highest BCUT2D eigenvalue weighted by atomic mass is 16.3. The van der Waals surface area contributed by atoms with Crippen LogP contribution in [0.2, 0.25) is 0 Å². The Morgan fingerprint density at radius 3 is 2.48 bits per heavy atom. The zero-order valence-corrected chi connectivity index (χ0v) is 13.1. The third-order valence-corrected chi connectivity index (χ3v) is 3.59. The average molecular weight is 306 g/mol. The second kappa shape index (κ2) is 7.28. The monoisotopic (exact) mass is 306 g/mol. The lowest BCUT2D eigenvalue weighted by Gasteiger charge is -2.07. The van der Waals surface area contributed by atoms with Crippen LogP contribution in [-0.2, 0) is 11.3 Å². The highest BCUT2D eigenvalue weighted by Gasteiger charge is 2.09. The minimum atomic E-state index is -0.418. The molecule has 0 aliphatic carbocycles. The smallest absolute Gasteiger partial charge is 0.262 e. The molecule has 0 bridgehead atoms. The van der Waals surface area contributed by atoms with Crippen molar-refractivity contribution in [2.45, 2.75) is 20.4 Å². The molecule has 0 fully saturated rings. The minimum absolute atomic E-state index is 0.0273. The van der Waals surface area contributed by atoms with Gasteiger partial charge in [0.2, 0.25) is 0 Å². The van der Waals surface area contributed by atoms with Crippen LogP contribution in [0.1, 0.15) is 22.3 Å². The third kappa shape index (κ3) is 4.45. The zero-order valence-electron chi connectivity index (χ0n) is 13.1. The van der Waals surface area contributed by atoms with Crippen LogP contribution in [-0.4, -0.2) is 11.0 Å². The summed E-state index contributed by atoms with van der Waals surface area (Å²) in [4.78, 5) is 12.1. The predicted octanol–water partition coefficient (Wildman–Crippen LogP) is 3.23. The van der Waals surface area contributed by atoms with Gasteiger partial charge in [-0.2, -0.15) is 5.26 Å². The Morgan fingerprint density at radius 1 is 1.17 bits per heavy atom. The van der Waals surface area contributed by atoms with Crippen LogP contribution >= 0.6 is 0 Å². The van der Waals surface area contributed by atoms with Crippen LogP contribution in [0.15, 0.2) is 48.0 Å². The van der Waals surface area contributed by atoms with Gasteiger partial charge in [-0.25, -0.2) is 0 Å². The lowest BCUT2D eigenvalue weighted by atomic mass is 10.1. The maximum absolute atomic E-state index is 12.1. The molecular formula is C19H18N2O2. The molecule has 2 rings (SSSR count). The van der Waals surface area contributed by atoms with Crippen molar-refractivity contribution in [3.8, 4) is 11.8 Å². The summed E-state index contributed by atoms with van der Waals surface area (Å²) in [6.07, 6.45) is 1.50. The number of aromatic hydroxyl groups is 1. The summed E-state index contributed by atoms with van der Waals surface area (Å²) in [5, 5.41) is 21.2. The molecule has 0 heterocycles. The summed E-state index contributed by atoms with van der Waals surface area (Å²) >= 11 is 0. The summed E-state index contributed by atoms with van der Waals surface area (Å²) in [5.41, 5.74) is 4.06. The Morgan fingerprint density at radius 2 is 1.87 bits per heavy atom. The van der Waals surface area contributed by atoms with Crippen molar-refractivity contribution in [2.75, 3.05) is 0 Å². The third-order valence-electron chi connectivity index (χ3n) is 3.59. The Bertz CT molecular complexity index is 784. The summed E-state index contributed by atoms with van der Waals surface area (Å²) in [7, 11) is 0. The molecule has 0 atom stereocenters. The lowest BCUT2D eigenvalue weighted by molar-refractivity contribution is -0.117. The van der Waals surface area contributed by atoms with E-state index in [1.807, 2.05) is 38.1 Å². The van der Waals surface area contributed by atoms with Gasteiger partial charge in [0.1, 0.15) is 17.4 Å². The molecule has 0 saturated carbocycles. The van der Waals surface area contributed by atoms with Gasteiger partial charge >= 0.3 is 0 Å². The molecule has 0 spiro atoms. The Labute approximate surface area is 135 Å². The number of hydrogen-bond donors (Lipinski definition) is 2. The number of phenolic OH excluding ortho intramolecular Hbond substituents is 1. The van der Waals surface area contributed by atoms with Crippen LogP contribution in [0.25, 0.3) is 6.08 Å². The SMILES string of the molecule is Cc1ccc(CNC(=O)/C(C#N)=C/c2ccc(O)cc2)cc1C. The van der Waals surface area contributed by atoms with Gasteiger partial charge in [0, 0.05) is 6.54 Å². The minimum Gasteiger partial charge on any atom is -0.508 e. The van der Waals surface area contributed by atoms with Crippen molar-refractivity contribution in [3.05, 3.63) is 70.3 Å². The molecule has 2 aromatic carbocycles. The maximum atomic E-state index is 12.1. The largest absolute Gasteiger partial charge is 0.508 e. The van der Waals surface area contributed by atoms with Gasteiger partial charge < -0.3 is 10.4 Å². The molecule has 2 aromatic rings. The molecule has 0 radical (unpaired) electrons. The Hall–Kier alpha value is -3.06. The predicted molar refractivity (Wildman–Crippen MR) is 89.5 cm³/mol. The number of carbonyl (C=O) groups is 1. The number of nitrogens with zero attached hydrogens (tertiary/aromatic N) is 1. The van der Waals surface area contributed by atoms with Crippen LogP contribution in [0.4, 0.5) is 0 Å². The van der Waals surface area contributed by atoms with E-state index in [1.54, 1.807) is 12.1 Å². The fraction of sp³-hybridized carbons (Fsp3) is 0.158. The Kier molecular flexibility index (Phi) is 5.16. The molecule has 0 aromatic heterocycles. The molecule has 0 aliphatic heterocycles. The average Bonchev–Trinajstić information content (AvgIpc) is 2.55. The van der Waals surface area contributed by atoms with E-state index in [-0.39, 0.29) is 11.3 Å². The second-order valence-electron chi connectivity index (χ2n) is 5.36. The molecule has 4 heteroatoms. The maximum Gasteiger partial charge on any atom is 0.262 e. The first kappa shape index (κ1) is 16.3. The van der Waals surface area contributed by atoms with Gasteiger partial charge in [0.05, 0.1) is 0 Å². The first-order valence-corrected chi connectivity index (χ1v) is 7.25. The van der Waals surface area contributed by atoms with Gasteiger partial charge in [-0.1, -0.05) is 30.3 Å². The number of amides is 1. The van der Waals surface area contributed by atoms with Gasteiger partial charge in [-0.15, -0.1) is 0 Å². The summed E-state index contributed by atoms with van der Waals surface area (Å²) in [6, 6.07) is 14.2. The molecule has 116 valence electrons. The number of hydrogen-bond acceptors (Lipinski definition) is 3. The van der Waals surface area contributed by atoms with Crippen LogP contribution < -0.4 is 5.32 Å². The molecule has 0 unspecified atom stereocenters. The van der Waals surface area contributed by atoms with Crippen molar-refractivity contribution in [2.24, 2.45) is 0 Å². The fourth-order valence-corrected chi connectivity index (χ4v) is 2.08. The summed E-state index contributed by atoms with van der Waals surface area (Å²) in [6.45, 7) is 4.42. The highest BCUT2D eigenvalue weighted by molar-refractivity contribution is 6.01. The summed E-state index contributed by atoms with van der Waals surface area (Å²) < 4.78 is 0. The van der Waals surface area contributed by atoms with Gasteiger partial charge in [0.25, 0.3) is 5.91 Å². The molecule has 2 N–H and O–H groups in total. The number of carbonyl (C=O) groups excluding carboxylic acids is 1. The van der Waals surface area contributed by atoms with Crippen LogP contribution in [0.5, 0.6) is 5.75 Å². The van der Waals surface area contributed by atoms with E-state index in [1.165, 1.54) is 23.8 Å². The number of nitriles is 1. The van der Waals surface area contributed by atoms with Crippen molar-refractivity contribution >= 4 is 12.0 Å². The second-order valence-corrected chi connectivity index (χ2v) is 5.36. The number of rotatable bonds is 4. The lowest BCUT2D eigenvalue weighted by Crippen LogP contribution is -2.24. The van der Waals surface area contributed by atoms with Crippen molar-refractivity contribution in [1.82, 2.24) is 5.32 Å². The molecule has 0 aliphatic rings. The normalized spacial score (nSPS) is 10.9. The van der Waals surface area contributed by atoms with Crippen molar-refractivity contribution in [3.63, 3.8) is 0 Å². The number of nitrogens with one attached hydrogen (secondary N) is 1. The van der Waals surface area contributed by atoms with Crippen molar-refractivity contribution in [1.29, 1.82) is 5.26 Å². The molecule has 4 nitrogen and oxygen atoms in total. The molecule has 23 heavy (non-hydrogen) atoms. The number of phenols is 1. The number of benzene rings is 2. The molecule has 0 saturated heterocycles. The molecular weight excluding hydrogens is 288 g/mol. The zero-order chi connectivity index (χ0) is 16.8. The van der Waals surface area contributed by atoms with Crippen LogP contribution in [0, 0.1) is 25.2 Å². The van der Waals surface area contributed by atoms with E-state index in [0.29, 0.717) is 12.1 Å². The molecule has 1 amide bonds. The van der Waals surface area contributed by atoms with Crippen LogP contribution in [0.3, 0.4) is 0 Å². The van der Waals surface area contributed by atoms with Crippen molar-refractivity contribution < 1.29 is 9.90 Å². The first-order chi connectivity index (χ1) is 11.0. The fourth-order valence-electron chi connectivity index (χ4n) is 2.08. The van der Waals surface area contributed by atoms with Gasteiger partial charge in [0.15, 0.2) is 0 Å². The van der Waals surface area contributed by atoms with E-state index >= 15 is 0 Å². The van der Waals surface area contributed by atoms with Gasteiger partial charge in [-0.3, -0.25) is 4.79 Å². The van der Waals surface area contributed by atoms with E-state index < -0.39 is 5.91 Å². The van der Waals surface area contributed by atoms with Gasteiger partial charge in [-0.05, 0) is 54.3 Å². The van der Waals surface area contributed by atoms with E-state index in [4.69, 9.17) is 5.26 Å². The first-order valence-electron chi connectivity index (χ1n) is 7.25. The van der Waals surface area contributed by atoms with E-state index in [9.17, 15) is 9.90 Å². The highest BCUT2D eigenvalue weighted by Crippen LogP contribution is 2.13. The number of aryl methyl sites for hydroxylation is 2.